The highest BCUT2D eigenvalue weighted by Crippen LogP contribution is 2.32. The Labute approximate surface area is 204 Å². The molecule has 3 rings (SSSR count). The largest absolute Gasteiger partial charge is 0.296 e. The molecule has 0 aliphatic rings. The number of Topliss-reactive ketones (excluding diaryl/α,β-unsaturated/α-hetero) is 1. The second kappa shape index (κ2) is 13.8. The van der Waals surface area contributed by atoms with Gasteiger partial charge in [-0.25, -0.2) is 0 Å². The summed E-state index contributed by atoms with van der Waals surface area (Å²) < 4.78 is 0. The van der Waals surface area contributed by atoms with Gasteiger partial charge in [0.2, 0.25) is 0 Å². The summed E-state index contributed by atoms with van der Waals surface area (Å²) in [7, 11) is 0. The van der Waals surface area contributed by atoms with Crippen LogP contribution in [0.3, 0.4) is 0 Å². The van der Waals surface area contributed by atoms with Gasteiger partial charge in [0.1, 0.15) is 0 Å². The van der Waals surface area contributed by atoms with E-state index >= 15 is 0 Å². The molecule has 0 fully saturated rings. The molecular weight excluding hydrogens is 437 g/mol. The van der Waals surface area contributed by atoms with E-state index in [2.05, 4.69) is 30.9 Å². The molecule has 2 nitrogen and oxygen atoms in total. The van der Waals surface area contributed by atoms with Gasteiger partial charge in [0.15, 0.2) is 5.78 Å². The van der Waals surface area contributed by atoms with Crippen molar-refractivity contribution in [2.45, 2.75) is 65.2 Å². The molecular formula is C28H37Cl2NO. The molecule has 0 aliphatic carbocycles. The van der Waals surface area contributed by atoms with Crippen molar-refractivity contribution >= 4 is 51.3 Å². The highest BCUT2D eigenvalue weighted by Gasteiger charge is 2.14. The third-order valence-electron chi connectivity index (χ3n) is 6.16. The molecule has 0 atom stereocenters. The number of ketones is 1. The smallest absolute Gasteiger partial charge is 0.176 e. The molecule has 3 aromatic rings. The molecule has 4 heteroatoms. The van der Waals surface area contributed by atoms with Gasteiger partial charge in [-0.3, -0.25) is 9.69 Å². The molecule has 0 aliphatic heterocycles. The van der Waals surface area contributed by atoms with E-state index in [1.807, 2.05) is 36.4 Å². The summed E-state index contributed by atoms with van der Waals surface area (Å²) in [5, 5.41) is 5.08. The van der Waals surface area contributed by atoms with Crippen LogP contribution in [0.4, 0.5) is 0 Å². The first-order valence-electron chi connectivity index (χ1n) is 12.0. The average Bonchev–Trinajstić information content (AvgIpc) is 2.79. The number of hydrogen-bond donors (Lipinski definition) is 0. The van der Waals surface area contributed by atoms with E-state index in [0.717, 1.165) is 45.2 Å². The first kappa shape index (κ1) is 26.6. The highest BCUT2D eigenvalue weighted by molar-refractivity contribution is 6.37. The van der Waals surface area contributed by atoms with E-state index in [9.17, 15) is 4.79 Å². The van der Waals surface area contributed by atoms with Crippen LogP contribution in [0, 0.1) is 0 Å². The standard InChI is InChI=1S/C28H36ClNO.ClH/c1-3-5-7-11-17-30(18-12-8-6-4-2)21-28(31)23-16-15-22-20-27(29)25-14-10-9-13-24(25)26(22)19-23;/h9-10,13-16,19-20H,3-8,11-12,17-18,21H2,1-2H3;1H. The first-order valence-corrected chi connectivity index (χ1v) is 12.4. The Balaban J connectivity index is 0.00000363. The van der Waals surface area contributed by atoms with Gasteiger partial charge in [0.25, 0.3) is 0 Å². The first-order chi connectivity index (χ1) is 15.1. The van der Waals surface area contributed by atoms with Crippen LogP contribution in [0.5, 0.6) is 0 Å². The van der Waals surface area contributed by atoms with Gasteiger partial charge in [-0.05, 0) is 54.2 Å². The van der Waals surface area contributed by atoms with Gasteiger partial charge < -0.3 is 0 Å². The summed E-state index contributed by atoms with van der Waals surface area (Å²) in [5.41, 5.74) is 0.798. The molecule has 32 heavy (non-hydrogen) atoms. The SMILES string of the molecule is CCCCCCN(CCCCCC)CC(=O)c1ccc2cc(Cl)c3ccccc3c2c1.Cl. The van der Waals surface area contributed by atoms with Gasteiger partial charge in [0, 0.05) is 16.0 Å². The highest BCUT2D eigenvalue weighted by atomic mass is 35.5. The van der Waals surface area contributed by atoms with Gasteiger partial charge in [-0.1, -0.05) is 100 Å². The number of benzene rings is 3. The monoisotopic (exact) mass is 473 g/mol. The molecule has 0 saturated carbocycles. The van der Waals surface area contributed by atoms with Crippen LogP contribution in [-0.2, 0) is 0 Å². The van der Waals surface area contributed by atoms with Crippen molar-refractivity contribution in [2.24, 2.45) is 0 Å². The van der Waals surface area contributed by atoms with E-state index in [1.165, 1.54) is 51.4 Å². The number of nitrogens with zero attached hydrogens (tertiary/aromatic N) is 1. The Morgan fingerprint density at radius 2 is 1.41 bits per heavy atom. The fourth-order valence-electron chi connectivity index (χ4n) is 4.32. The molecule has 0 unspecified atom stereocenters. The van der Waals surface area contributed by atoms with Gasteiger partial charge >= 0.3 is 0 Å². The van der Waals surface area contributed by atoms with E-state index in [1.54, 1.807) is 0 Å². The summed E-state index contributed by atoms with van der Waals surface area (Å²) in [6.07, 6.45) is 9.88. The van der Waals surface area contributed by atoms with Crippen LogP contribution in [0.1, 0.15) is 75.6 Å². The van der Waals surface area contributed by atoms with Crippen molar-refractivity contribution in [1.82, 2.24) is 4.90 Å². The minimum absolute atomic E-state index is 0. The Hall–Kier alpha value is -1.61. The second-order valence-electron chi connectivity index (χ2n) is 8.66. The van der Waals surface area contributed by atoms with Crippen LogP contribution in [-0.4, -0.2) is 30.3 Å². The molecule has 0 saturated heterocycles. The Morgan fingerprint density at radius 1 is 0.781 bits per heavy atom. The molecule has 0 heterocycles. The Bertz CT molecular complexity index is 989. The van der Waals surface area contributed by atoms with E-state index < -0.39 is 0 Å². The molecule has 0 spiro atoms. The molecule has 0 N–H and O–H groups in total. The molecule has 3 aromatic carbocycles. The maximum atomic E-state index is 13.2. The maximum absolute atomic E-state index is 13.2. The van der Waals surface area contributed by atoms with Crippen LogP contribution in [0.25, 0.3) is 21.5 Å². The number of halogens is 2. The zero-order valence-corrected chi connectivity index (χ0v) is 21.1. The third-order valence-corrected chi connectivity index (χ3v) is 6.47. The molecule has 0 bridgehead atoms. The quantitative estimate of drug-likeness (QED) is 0.140. The summed E-state index contributed by atoms with van der Waals surface area (Å²) in [6.45, 7) is 7.02. The van der Waals surface area contributed by atoms with Crippen molar-refractivity contribution in [3.05, 3.63) is 59.1 Å². The van der Waals surface area contributed by atoms with Gasteiger partial charge in [0.05, 0.1) is 6.54 Å². The minimum Gasteiger partial charge on any atom is -0.296 e. The van der Waals surface area contributed by atoms with Crippen LogP contribution < -0.4 is 0 Å². The molecule has 174 valence electrons. The summed E-state index contributed by atoms with van der Waals surface area (Å²) >= 11 is 6.48. The summed E-state index contributed by atoms with van der Waals surface area (Å²) in [6, 6.07) is 16.2. The molecule has 0 amide bonds. The normalized spacial score (nSPS) is 11.2. The van der Waals surface area contributed by atoms with E-state index in [4.69, 9.17) is 11.6 Å². The lowest BCUT2D eigenvalue weighted by atomic mass is 9.98. The lowest BCUT2D eigenvalue weighted by molar-refractivity contribution is 0.0927. The molecule has 0 radical (unpaired) electrons. The van der Waals surface area contributed by atoms with Crippen molar-refractivity contribution < 1.29 is 4.79 Å². The molecule has 0 aromatic heterocycles. The van der Waals surface area contributed by atoms with Gasteiger partial charge in [-0.2, -0.15) is 0 Å². The van der Waals surface area contributed by atoms with Gasteiger partial charge in [-0.15, -0.1) is 12.4 Å². The Kier molecular flexibility index (Phi) is 11.5. The minimum atomic E-state index is 0. The predicted molar refractivity (Wildman–Crippen MR) is 143 cm³/mol. The van der Waals surface area contributed by atoms with Crippen LogP contribution in [0.2, 0.25) is 5.02 Å². The predicted octanol–water partition coefficient (Wildman–Crippen LogP) is 8.71. The number of hydrogen-bond acceptors (Lipinski definition) is 2. The van der Waals surface area contributed by atoms with Crippen LogP contribution >= 0.6 is 24.0 Å². The van der Waals surface area contributed by atoms with Crippen molar-refractivity contribution in [3.63, 3.8) is 0 Å². The topological polar surface area (TPSA) is 20.3 Å². The van der Waals surface area contributed by atoms with Crippen molar-refractivity contribution in [2.75, 3.05) is 19.6 Å². The number of unbranched alkanes of at least 4 members (excludes halogenated alkanes) is 6. The fourth-order valence-corrected chi connectivity index (χ4v) is 4.60. The third kappa shape index (κ3) is 7.20. The number of rotatable bonds is 13. The maximum Gasteiger partial charge on any atom is 0.176 e. The van der Waals surface area contributed by atoms with Crippen LogP contribution in [0.15, 0.2) is 48.5 Å². The van der Waals surface area contributed by atoms with E-state index in [-0.39, 0.29) is 18.2 Å². The zero-order valence-electron chi connectivity index (χ0n) is 19.5. The number of carbonyl (C=O) groups excluding carboxylic acids is 1. The Morgan fingerprint density at radius 3 is 2.03 bits per heavy atom. The summed E-state index contributed by atoms with van der Waals surface area (Å²) in [4.78, 5) is 15.6. The fraction of sp³-hybridized carbons (Fsp3) is 0.464. The second-order valence-corrected chi connectivity index (χ2v) is 9.07. The lowest BCUT2D eigenvalue weighted by Crippen LogP contribution is -2.32. The van der Waals surface area contributed by atoms with E-state index in [0.29, 0.717) is 6.54 Å². The summed E-state index contributed by atoms with van der Waals surface area (Å²) in [5.74, 6) is 0.215. The van der Waals surface area contributed by atoms with Crippen molar-refractivity contribution in [1.29, 1.82) is 0 Å². The lowest BCUT2D eigenvalue weighted by Gasteiger charge is -2.22. The number of carbonyl (C=O) groups is 1. The average molecular weight is 475 g/mol. The number of fused-ring (bicyclic) bond motifs is 3. The zero-order chi connectivity index (χ0) is 22.1. The van der Waals surface area contributed by atoms with Crippen molar-refractivity contribution in [3.8, 4) is 0 Å².